The first kappa shape index (κ1) is 21.3. The van der Waals surface area contributed by atoms with Crippen LogP contribution in [0.1, 0.15) is 37.8 Å². The van der Waals surface area contributed by atoms with Gasteiger partial charge in [0.15, 0.2) is 0 Å². The molecule has 162 valence electrons. The molecule has 9 heteroatoms. The van der Waals surface area contributed by atoms with Crippen molar-refractivity contribution >= 4 is 45.0 Å². The van der Waals surface area contributed by atoms with Crippen LogP contribution in [0.5, 0.6) is 0 Å². The molecular formula is C22H26BrN7O. The van der Waals surface area contributed by atoms with Crippen LogP contribution >= 0.6 is 15.9 Å². The summed E-state index contributed by atoms with van der Waals surface area (Å²) in [5.74, 6) is 1.41. The molecule has 0 spiro atoms. The summed E-state index contributed by atoms with van der Waals surface area (Å²) in [4.78, 5) is 28.6. The van der Waals surface area contributed by atoms with Gasteiger partial charge in [0, 0.05) is 42.7 Å². The summed E-state index contributed by atoms with van der Waals surface area (Å²) in [7, 11) is 0. The number of imidazole rings is 1. The smallest absolute Gasteiger partial charge is 0.229 e. The maximum Gasteiger partial charge on any atom is 0.229 e. The van der Waals surface area contributed by atoms with E-state index in [1.807, 2.05) is 30.5 Å². The molecule has 3 aromatic rings. The van der Waals surface area contributed by atoms with Crippen LogP contribution in [0.3, 0.4) is 0 Å². The number of hydrogen-bond acceptors (Lipinski definition) is 6. The highest BCUT2D eigenvalue weighted by molar-refractivity contribution is 9.10. The summed E-state index contributed by atoms with van der Waals surface area (Å²) < 4.78 is 0.786. The average Bonchev–Trinajstić information content (AvgIpc) is 3.30. The van der Waals surface area contributed by atoms with Crippen LogP contribution in [0.4, 0.5) is 23.1 Å². The van der Waals surface area contributed by atoms with E-state index in [0.29, 0.717) is 18.3 Å². The third-order valence-electron chi connectivity index (χ3n) is 5.33. The summed E-state index contributed by atoms with van der Waals surface area (Å²) >= 11 is 3.49. The monoisotopic (exact) mass is 483 g/mol. The van der Waals surface area contributed by atoms with Crippen LogP contribution in [0.15, 0.2) is 47.5 Å². The van der Waals surface area contributed by atoms with E-state index < -0.39 is 0 Å². The molecule has 4 N–H and O–H groups in total. The van der Waals surface area contributed by atoms with Gasteiger partial charge in [-0.15, -0.1) is 0 Å². The molecule has 1 aliphatic carbocycles. The van der Waals surface area contributed by atoms with Gasteiger partial charge in [0.2, 0.25) is 11.9 Å². The first-order valence-electron chi connectivity index (χ1n) is 10.6. The standard InChI is InChI=1S/C22H26BrN7O/c23-19-13-26-22(30-20(19)25-10-9-18-12-24-14-27-18)29-17-8-4-7-16(11-17)28-21(31)15-5-2-1-3-6-15/h4,7-8,11-15H,1-3,5-6,9-10H2,(H,24,27)(H,28,31)(H2,25,26,29,30). The predicted molar refractivity (Wildman–Crippen MR) is 125 cm³/mol. The van der Waals surface area contributed by atoms with E-state index in [2.05, 4.69) is 51.8 Å². The Bertz CT molecular complexity index is 1000. The number of nitrogens with one attached hydrogen (secondary N) is 4. The van der Waals surface area contributed by atoms with Crippen LogP contribution in [0, 0.1) is 5.92 Å². The van der Waals surface area contributed by atoms with Crippen molar-refractivity contribution in [3.05, 3.63) is 53.2 Å². The number of halogens is 1. The molecule has 1 aromatic carbocycles. The van der Waals surface area contributed by atoms with E-state index in [0.717, 1.165) is 53.6 Å². The summed E-state index contributed by atoms with van der Waals surface area (Å²) in [5, 5.41) is 9.57. The Morgan fingerprint density at radius 1 is 1.16 bits per heavy atom. The highest BCUT2D eigenvalue weighted by Crippen LogP contribution is 2.26. The Morgan fingerprint density at radius 2 is 2.00 bits per heavy atom. The summed E-state index contributed by atoms with van der Waals surface area (Å²) in [5.41, 5.74) is 2.57. The lowest BCUT2D eigenvalue weighted by atomic mass is 9.88. The van der Waals surface area contributed by atoms with Gasteiger partial charge in [-0.25, -0.2) is 9.97 Å². The van der Waals surface area contributed by atoms with Crippen LogP contribution in [0.25, 0.3) is 0 Å². The van der Waals surface area contributed by atoms with Crippen molar-refractivity contribution in [1.29, 1.82) is 0 Å². The first-order valence-corrected chi connectivity index (χ1v) is 11.4. The van der Waals surface area contributed by atoms with Crippen molar-refractivity contribution in [2.45, 2.75) is 38.5 Å². The van der Waals surface area contributed by atoms with E-state index in [1.165, 1.54) is 6.42 Å². The topological polar surface area (TPSA) is 108 Å². The van der Waals surface area contributed by atoms with E-state index >= 15 is 0 Å². The summed E-state index contributed by atoms with van der Waals surface area (Å²) in [6, 6.07) is 7.63. The Balaban J connectivity index is 1.37. The molecule has 1 amide bonds. The van der Waals surface area contributed by atoms with Gasteiger partial charge in [0.1, 0.15) is 5.82 Å². The average molecular weight is 484 g/mol. The molecule has 8 nitrogen and oxygen atoms in total. The van der Waals surface area contributed by atoms with Crippen LogP contribution in [-0.4, -0.2) is 32.4 Å². The lowest BCUT2D eigenvalue weighted by Gasteiger charge is -2.20. The van der Waals surface area contributed by atoms with Gasteiger partial charge in [0.05, 0.1) is 16.5 Å². The second kappa shape index (κ2) is 10.4. The molecule has 0 unspecified atom stereocenters. The summed E-state index contributed by atoms with van der Waals surface area (Å²) in [6.45, 7) is 0.697. The molecule has 4 rings (SSSR count). The Hall–Kier alpha value is -2.94. The molecule has 0 saturated heterocycles. The fourth-order valence-electron chi connectivity index (χ4n) is 3.70. The zero-order valence-electron chi connectivity index (χ0n) is 17.2. The maximum absolute atomic E-state index is 12.5. The quantitative estimate of drug-likeness (QED) is 0.363. The molecule has 1 saturated carbocycles. The maximum atomic E-state index is 12.5. The Kier molecular flexibility index (Phi) is 7.14. The van der Waals surface area contributed by atoms with E-state index in [-0.39, 0.29) is 11.8 Å². The zero-order valence-corrected chi connectivity index (χ0v) is 18.8. The van der Waals surface area contributed by atoms with E-state index in [1.54, 1.807) is 12.5 Å². The highest BCUT2D eigenvalue weighted by Gasteiger charge is 2.21. The largest absolute Gasteiger partial charge is 0.369 e. The SMILES string of the molecule is O=C(Nc1cccc(Nc2ncc(Br)c(NCCc3c[nH]cn3)n2)c1)C1CCCCC1. The van der Waals surface area contributed by atoms with Gasteiger partial charge < -0.3 is 20.9 Å². The second-order valence-corrected chi connectivity index (χ2v) is 8.51. The Morgan fingerprint density at radius 3 is 2.81 bits per heavy atom. The fourth-order valence-corrected chi connectivity index (χ4v) is 4.03. The van der Waals surface area contributed by atoms with E-state index in [9.17, 15) is 4.79 Å². The van der Waals surface area contributed by atoms with Crippen molar-refractivity contribution in [1.82, 2.24) is 19.9 Å². The third kappa shape index (κ3) is 6.04. The first-order chi connectivity index (χ1) is 15.2. The molecule has 1 aliphatic rings. The van der Waals surface area contributed by atoms with Gasteiger partial charge >= 0.3 is 0 Å². The number of H-pyrrole nitrogens is 1. The summed E-state index contributed by atoms with van der Waals surface area (Å²) in [6.07, 6.45) is 11.5. The zero-order chi connectivity index (χ0) is 21.5. The number of benzene rings is 1. The number of aromatic amines is 1. The highest BCUT2D eigenvalue weighted by atomic mass is 79.9. The van der Waals surface area contributed by atoms with Gasteiger partial charge in [0.25, 0.3) is 0 Å². The van der Waals surface area contributed by atoms with Crippen LogP contribution in [-0.2, 0) is 11.2 Å². The van der Waals surface area contributed by atoms with Gasteiger partial charge in [-0.05, 0) is 47.0 Å². The number of rotatable bonds is 8. The van der Waals surface area contributed by atoms with E-state index in [4.69, 9.17) is 0 Å². The second-order valence-electron chi connectivity index (χ2n) is 7.66. The number of carbonyl (C=O) groups is 1. The molecule has 2 heterocycles. The molecule has 0 radical (unpaired) electrons. The van der Waals surface area contributed by atoms with Crippen LogP contribution < -0.4 is 16.0 Å². The van der Waals surface area contributed by atoms with Crippen molar-refractivity contribution < 1.29 is 4.79 Å². The van der Waals surface area contributed by atoms with Crippen molar-refractivity contribution in [3.63, 3.8) is 0 Å². The molecule has 0 atom stereocenters. The minimum absolute atomic E-state index is 0.111. The van der Waals surface area contributed by atoms with Gasteiger partial charge in [-0.1, -0.05) is 25.3 Å². The van der Waals surface area contributed by atoms with Crippen molar-refractivity contribution in [2.24, 2.45) is 5.92 Å². The normalized spacial score (nSPS) is 14.2. The molecule has 0 aliphatic heterocycles. The van der Waals surface area contributed by atoms with Crippen LogP contribution in [0.2, 0.25) is 0 Å². The number of aromatic nitrogens is 4. The lowest BCUT2D eigenvalue weighted by Crippen LogP contribution is -2.24. The molecule has 0 bridgehead atoms. The number of nitrogens with zero attached hydrogens (tertiary/aromatic N) is 3. The van der Waals surface area contributed by atoms with Gasteiger partial charge in [-0.2, -0.15) is 4.98 Å². The number of anilines is 4. The van der Waals surface area contributed by atoms with Crippen molar-refractivity contribution in [2.75, 3.05) is 22.5 Å². The lowest BCUT2D eigenvalue weighted by molar-refractivity contribution is -0.120. The minimum atomic E-state index is 0.111. The number of amides is 1. The fraction of sp³-hybridized carbons (Fsp3) is 0.364. The van der Waals surface area contributed by atoms with Crippen molar-refractivity contribution in [3.8, 4) is 0 Å². The molecule has 1 fully saturated rings. The molecule has 31 heavy (non-hydrogen) atoms. The number of hydrogen-bond donors (Lipinski definition) is 4. The minimum Gasteiger partial charge on any atom is -0.369 e. The predicted octanol–water partition coefficient (Wildman–Crippen LogP) is 4.88. The third-order valence-corrected chi connectivity index (χ3v) is 5.92. The molecular weight excluding hydrogens is 458 g/mol. The Labute approximate surface area is 189 Å². The molecule has 2 aromatic heterocycles. The van der Waals surface area contributed by atoms with Gasteiger partial charge in [-0.3, -0.25) is 4.79 Å². The number of carbonyl (C=O) groups excluding carboxylic acids is 1.